The lowest BCUT2D eigenvalue weighted by Gasteiger charge is -2.38. The van der Waals surface area contributed by atoms with E-state index in [0.717, 1.165) is 11.3 Å². The van der Waals surface area contributed by atoms with Gasteiger partial charge in [-0.2, -0.15) is 16.9 Å². The van der Waals surface area contributed by atoms with Gasteiger partial charge in [-0.05, 0) is 38.4 Å². The zero-order valence-electron chi connectivity index (χ0n) is 14.7. The minimum atomic E-state index is -0.522. The van der Waals surface area contributed by atoms with Crippen molar-refractivity contribution in [3.05, 3.63) is 11.8 Å². The Hall–Kier alpha value is -1.21. The van der Waals surface area contributed by atoms with Crippen LogP contribution in [0.15, 0.2) is 6.20 Å². The van der Waals surface area contributed by atoms with Crippen LogP contribution in [0.5, 0.6) is 0 Å². The molecule has 1 aliphatic rings. The fraction of sp³-hybridized carbons (Fsp3) is 0.750. The van der Waals surface area contributed by atoms with Gasteiger partial charge in [-0.3, -0.25) is 10.4 Å². The Kier molecular flexibility index (Phi) is 5.62. The molecule has 1 unspecified atom stereocenters. The molecule has 1 aromatic heterocycles. The molecule has 1 aliphatic heterocycles. The molecule has 6 nitrogen and oxygen atoms in total. The molecule has 1 saturated heterocycles. The summed E-state index contributed by atoms with van der Waals surface area (Å²) in [5, 5.41) is 13.2. The zero-order valence-corrected chi connectivity index (χ0v) is 15.5. The number of anilines is 1. The van der Waals surface area contributed by atoms with Gasteiger partial charge in [0.05, 0.1) is 6.20 Å². The summed E-state index contributed by atoms with van der Waals surface area (Å²) >= 11 is 1.99. The van der Waals surface area contributed by atoms with Crippen molar-refractivity contribution in [1.82, 2.24) is 15.5 Å². The molecule has 0 aromatic carbocycles. The molecular formula is C16H28N4O2S. The molecule has 1 amide bonds. The predicted molar refractivity (Wildman–Crippen MR) is 94.8 cm³/mol. The molecule has 1 atom stereocenters. The van der Waals surface area contributed by atoms with Gasteiger partial charge in [0.15, 0.2) is 0 Å². The van der Waals surface area contributed by atoms with E-state index in [4.69, 9.17) is 4.74 Å². The summed E-state index contributed by atoms with van der Waals surface area (Å²) in [4.78, 5) is 11.9. The number of carbonyl (C=O) groups is 1. The van der Waals surface area contributed by atoms with Crippen molar-refractivity contribution in [3.63, 3.8) is 0 Å². The second-order valence-corrected chi connectivity index (χ2v) is 8.79. The zero-order chi connectivity index (χ0) is 17.1. The van der Waals surface area contributed by atoms with Crippen molar-refractivity contribution in [1.29, 1.82) is 0 Å². The molecule has 2 heterocycles. The van der Waals surface area contributed by atoms with Gasteiger partial charge in [-0.25, -0.2) is 4.79 Å². The Labute approximate surface area is 142 Å². The molecule has 1 fully saturated rings. The molecule has 23 heavy (non-hydrogen) atoms. The quantitative estimate of drug-likeness (QED) is 0.783. The van der Waals surface area contributed by atoms with Crippen LogP contribution in [0.2, 0.25) is 0 Å². The maximum absolute atomic E-state index is 11.9. The molecule has 3 N–H and O–H groups in total. The van der Waals surface area contributed by atoms with E-state index in [1.807, 2.05) is 32.5 Å². The standard InChI is InChI=1S/C16H28N4O2S/c1-15(2,3)22-14(21)19-13-11(9-18-20-13)8-17-12-10-23-7-6-16(12,4)5/h9,12,17H,6-8,10H2,1-5H3,(H2,18,19,20,21). The SMILES string of the molecule is CC(C)(C)OC(=O)Nc1[nH]ncc1CNC1CSCCC1(C)C. The number of ether oxygens (including phenoxy) is 1. The largest absolute Gasteiger partial charge is 0.444 e. The minimum Gasteiger partial charge on any atom is -0.444 e. The Morgan fingerprint density at radius 2 is 2.26 bits per heavy atom. The van der Waals surface area contributed by atoms with E-state index in [1.165, 1.54) is 12.2 Å². The Balaban J connectivity index is 1.92. The molecule has 0 spiro atoms. The minimum absolute atomic E-state index is 0.285. The number of thioether (sulfide) groups is 1. The van der Waals surface area contributed by atoms with Crippen LogP contribution in [-0.2, 0) is 11.3 Å². The van der Waals surface area contributed by atoms with E-state index in [9.17, 15) is 4.79 Å². The summed E-state index contributed by atoms with van der Waals surface area (Å²) in [6.07, 6.45) is 2.48. The first-order chi connectivity index (χ1) is 10.7. The van der Waals surface area contributed by atoms with Crippen LogP contribution in [0.3, 0.4) is 0 Å². The first-order valence-corrected chi connectivity index (χ1v) is 9.16. The van der Waals surface area contributed by atoms with Crippen LogP contribution in [0.4, 0.5) is 10.6 Å². The summed E-state index contributed by atoms with van der Waals surface area (Å²) in [5.74, 6) is 2.93. The lowest BCUT2D eigenvalue weighted by molar-refractivity contribution is 0.0635. The molecule has 7 heteroatoms. The number of nitrogens with zero attached hydrogens (tertiary/aromatic N) is 1. The fourth-order valence-corrected chi connectivity index (χ4v) is 4.11. The average Bonchev–Trinajstić information content (AvgIpc) is 2.82. The molecule has 1 aromatic rings. The highest BCUT2D eigenvalue weighted by Crippen LogP contribution is 2.34. The Morgan fingerprint density at radius 3 is 2.91 bits per heavy atom. The Morgan fingerprint density at radius 1 is 1.52 bits per heavy atom. The summed E-state index contributed by atoms with van der Waals surface area (Å²) in [5.41, 5.74) is 0.696. The van der Waals surface area contributed by atoms with Crippen LogP contribution >= 0.6 is 11.8 Å². The lowest BCUT2D eigenvalue weighted by Crippen LogP contribution is -2.46. The number of carbonyl (C=O) groups excluding carboxylic acids is 1. The first-order valence-electron chi connectivity index (χ1n) is 8.01. The van der Waals surface area contributed by atoms with Gasteiger partial charge >= 0.3 is 6.09 Å². The van der Waals surface area contributed by atoms with Gasteiger partial charge in [0.25, 0.3) is 0 Å². The van der Waals surface area contributed by atoms with Crippen molar-refractivity contribution in [2.75, 3.05) is 16.8 Å². The summed E-state index contributed by atoms with van der Waals surface area (Å²) in [6.45, 7) is 10.8. The average molecular weight is 340 g/mol. The van der Waals surface area contributed by atoms with E-state index in [-0.39, 0.29) is 5.41 Å². The highest BCUT2D eigenvalue weighted by atomic mass is 32.2. The van der Waals surface area contributed by atoms with Crippen molar-refractivity contribution < 1.29 is 9.53 Å². The second-order valence-electron chi connectivity index (χ2n) is 7.64. The number of amides is 1. The number of rotatable bonds is 4. The smallest absolute Gasteiger partial charge is 0.413 e. The van der Waals surface area contributed by atoms with Crippen LogP contribution in [0.1, 0.15) is 46.6 Å². The molecule has 0 radical (unpaired) electrons. The predicted octanol–water partition coefficient (Wildman–Crippen LogP) is 3.38. The summed E-state index contributed by atoms with van der Waals surface area (Å²) < 4.78 is 5.27. The second kappa shape index (κ2) is 7.13. The summed E-state index contributed by atoms with van der Waals surface area (Å²) in [7, 11) is 0. The van der Waals surface area contributed by atoms with E-state index in [2.05, 4.69) is 34.7 Å². The summed E-state index contributed by atoms with van der Waals surface area (Å²) in [6, 6.07) is 0.450. The molecule has 0 saturated carbocycles. The highest BCUT2D eigenvalue weighted by molar-refractivity contribution is 7.99. The highest BCUT2D eigenvalue weighted by Gasteiger charge is 2.32. The van der Waals surface area contributed by atoms with Crippen molar-refractivity contribution in [2.45, 2.75) is 59.2 Å². The fourth-order valence-electron chi connectivity index (χ4n) is 2.46. The van der Waals surface area contributed by atoms with Crippen molar-refractivity contribution >= 4 is 23.7 Å². The normalized spacial score (nSPS) is 21.0. The van der Waals surface area contributed by atoms with Crippen molar-refractivity contribution in [3.8, 4) is 0 Å². The molecule has 0 aliphatic carbocycles. The number of hydrogen-bond donors (Lipinski definition) is 3. The van der Waals surface area contributed by atoms with Gasteiger partial charge in [0.1, 0.15) is 11.4 Å². The topological polar surface area (TPSA) is 79.0 Å². The van der Waals surface area contributed by atoms with Crippen LogP contribution in [0.25, 0.3) is 0 Å². The molecular weight excluding hydrogens is 312 g/mol. The maximum Gasteiger partial charge on any atom is 0.413 e. The van der Waals surface area contributed by atoms with E-state index >= 15 is 0 Å². The van der Waals surface area contributed by atoms with E-state index in [0.29, 0.717) is 18.4 Å². The van der Waals surface area contributed by atoms with E-state index in [1.54, 1.807) is 6.20 Å². The lowest BCUT2D eigenvalue weighted by atomic mass is 9.82. The first kappa shape index (κ1) is 18.1. The van der Waals surface area contributed by atoms with Crippen molar-refractivity contribution in [2.24, 2.45) is 5.41 Å². The number of aromatic amines is 1. The molecule has 2 rings (SSSR count). The third-order valence-electron chi connectivity index (χ3n) is 4.00. The number of aromatic nitrogens is 2. The van der Waals surface area contributed by atoms with Crippen LogP contribution in [-0.4, -0.2) is 39.4 Å². The van der Waals surface area contributed by atoms with Gasteiger partial charge in [0, 0.05) is 23.9 Å². The van der Waals surface area contributed by atoms with Gasteiger partial charge < -0.3 is 10.1 Å². The third-order valence-corrected chi connectivity index (χ3v) is 5.06. The van der Waals surface area contributed by atoms with Crippen LogP contribution in [0, 0.1) is 5.41 Å². The number of nitrogens with one attached hydrogen (secondary N) is 3. The molecule has 0 bridgehead atoms. The Bertz CT molecular complexity index is 536. The molecule has 130 valence electrons. The third kappa shape index (κ3) is 5.42. The number of hydrogen-bond acceptors (Lipinski definition) is 5. The van der Waals surface area contributed by atoms with Gasteiger partial charge in [-0.1, -0.05) is 13.8 Å². The number of H-pyrrole nitrogens is 1. The monoisotopic (exact) mass is 340 g/mol. The van der Waals surface area contributed by atoms with Gasteiger partial charge in [0.2, 0.25) is 0 Å². The maximum atomic E-state index is 11.9. The van der Waals surface area contributed by atoms with Gasteiger partial charge in [-0.15, -0.1) is 0 Å². The van der Waals surface area contributed by atoms with E-state index < -0.39 is 11.7 Å². The van der Waals surface area contributed by atoms with Crippen LogP contribution < -0.4 is 10.6 Å².